The van der Waals surface area contributed by atoms with Crippen molar-refractivity contribution in [3.63, 3.8) is 0 Å². The number of allylic oxidation sites excluding steroid dienone is 2. The van der Waals surface area contributed by atoms with Crippen LogP contribution in [0.1, 0.15) is 25.7 Å². The Hall–Kier alpha value is 0.470. The van der Waals surface area contributed by atoms with Crippen molar-refractivity contribution in [2.24, 2.45) is 0 Å². The first kappa shape index (κ1) is 7.47. The van der Waals surface area contributed by atoms with Crippen molar-refractivity contribution < 1.29 is 0 Å². The largest absolute Gasteiger partial charge is 0.107 e. The topological polar surface area (TPSA) is 0 Å². The van der Waals surface area contributed by atoms with Crippen molar-refractivity contribution in [3.05, 3.63) is 12.2 Å². The van der Waals surface area contributed by atoms with Crippen LogP contribution >= 0.6 is 24.0 Å². The molecule has 1 heteroatoms. The summed E-state index contributed by atoms with van der Waals surface area (Å²) in [6, 6.07) is 0. The lowest BCUT2D eigenvalue weighted by Gasteiger charge is -1.97. The van der Waals surface area contributed by atoms with Gasteiger partial charge in [-0.05, 0) is 25.7 Å². The number of halogens is 1. The predicted molar refractivity (Wildman–Crippen MR) is 43.0 cm³/mol. The normalized spacial score (nSPS) is 18.3. The molecule has 0 aliphatic heterocycles. The van der Waals surface area contributed by atoms with Gasteiger partial charge in [0.15, 0.2) is 0 Å². The Labute approximate surface area is 62.0 Å². The lowest BCUT2D eigenvalue weighted by atomic mass is 10.1. The highest BCUT2D eigenvalue weighted by Gasteiger charge is 1.87. The van der Waals surface area contributed by atoms with Gasteiger partial charge in [-0.25, -0.2) is 0 Å². The molecular formula is C6H11I. The van der Waals surface area contributed by atoms with Gasteiger partial charge in [-0.15, -0.1) is 24.0 Å². The zero-order chi connectivity index (χ0) is 4.24. The lowest BCUT2D eigenvalue weighted by molar-refractivity contribution is 0.730. The molecule has 42 valence electrons. The van der Waals surface area contributed by atoms with Crippen LogP contribution in [0.25, 0.3) is 0 Å². The molecular weight excluding hydrogens is 199 g/mol. The molecule has 0 fully saturated rings. The fraction of sp³-hybridized carbons (Fsp3) is 0.667. The average Bonchev–Trinajstić information content (AvgIpc) is 1.72. The summed E-state index contributed by atoms with van der Waals surface area (Å²) >= 11 is 0. The molecule has 1 aliphatic carbocycles. The van der Waals surface area contributed by atoms with Crippen molar-refractivity contribution in [2.45, 2.75) is 25.7 Å². The minimum atomic E-state index is 0. The second kappa shape index (κ2) is 4.62. The van der Waals surface area contributed by atoms with Crippen LogP contribution < -0.4 is 0 Å². The van der Waals surface area contributed by atoms with Crippen molar-refractivity contribution in [1.82, 2.24) is 0 Å². The lowest BCUT2D eigenvalue weighted by Crippen LogP contribution is -1.77. The molecule has 0 bridgehead atoms. The second-order valence-corrected chi connectivity index (χ2v) is 1.76. The molecule has 0 radical (unpaired) electrons. The van der Waals surface area contributed by atoms with Gasteiger partial charge in [0.25, 0.3) is 0 Å². The maximum absolute atomic E-state index is 2.27. The molecule has 0 amide bonds. The van der Waals surface area contributed by atoms with Gasteiger partial charge < -0.3 is 0 Å². The highest BCUT2D eigenvalue weighted by atomic mass is 127. The third kappa shape index (κ3) is 3.09. The average molecular weight is 210 g/mol. The number of hydrogen-bond donors (Lipinski definition) is 0. The van der Waals surface area contributed by atoms with Crippen LogP contribution in [0.3, 0.4) is 0 Å². The Morgan fingerprint density at radius 1 is 0.857 bits per heavy atom. The standard InChI is InChI=1S/C6H10.HI/c1-2-4-6-5-3-1;/h1-2H,3-6H2;1H. The molecule has 0 spiro atoms. The summed E-state index contributed by atoms with van der Waals surface area (Å²) in [4.78, 5) is 0. The van der Waals surface area contributed by atoms with Gasteiger partial charge in [-0.2, -0.15) is 0 Å². The molecule has 7 heavy (non-hydrogen) atoms. The maximum atomic E-state index is 2.27. The van der Waals surface area contributed by atoms with E-state index in [0.717, 1.165) is 0 Å². The molecule has 0 N–H and O–H groups in total. The predicted octanol–water partition coefficient (Wildman–Crippen LogP) is 2.73. The van der Waals surface area contributed by atoms with Crippen LogP contribution in [0, 0.1) is 0 Å². The minimum Gasteiger partial charge on any atom is -0.107 e. The first-order valence-electron chi connectivity index (χ1n) is 2.65. The van der Waals surface area contributed by atoms with Crippen LogP contribution in [-0.2, 0) is 0 Å². The first-order chi connectivity index (χ1) is 3.00. The molecule has 0 aromatic carbocycles. The van der Waals surface area contributed by atoms with E-state index in [1.807, 2.05) is 0 Å². The SMILES string of the molecule is C1=CCCCC1.I. The van der Waals surface area contributed by atoms with Crippen molar-refractivity contribution >= 4 is 24.0 Å². The highest BCUT2D eigenvalue weighted by molar-refractivity contribution is 14.0. The second-order valence-electron chi connectivity index (χ2n) is 1.76. The first-order valence-corrected chi connectivity index (χ1v) is 2.65. The van der Waals surface area contributed by atoms with Gasteiger partial charge in [0, 0.05) is 0 Å². The minimum absolute atomic E-state index is 0. The number of hydrogen-bond acceptors (Lipinski definition) is 0. The fourth-order valence-electron chi connectivity index (χ4n) is 0.760. The number of rotatable bonds is 0. The van der Waals surface area contributed by atoms with Crippen molar-refractivity contribution in [2.75, 3.05) is 0 Å². The molecule has 0 saturated heterocycles. The zero-order valence-corrected chi connectivity index (χ0v) is 6.72. The van der Waals surface area contributed by atoms with Gasteiger partial charge >= 0.3 is 0 Å². The van der Waals surface area contributed by atoms with Gasteiger partial charge in [-0.3, -0.25) is 0 Å². The monoisotopic (exact) mass is 210 g/mol. The van der Waals surface area contributed by atoms with Gasteiger partial charge in [-0.1, -0.05) is 12.2 Å². The smallest absolute Gasteiger partial charge is 0.0351 e. The van der Waals surface area contributed by atoms with Crippen molar-refractivity contribution in [1.29, 1.82) is 0 Å². The Bertz CT molecular complexity index is 49.2. The van der Waals surface area contributed by atoms with Crippen LogP contribution in [0.2, 0.25) is 0 Å². The summed E-state index contributed by atoms with van der Waals surface area (Å²) in [7, 11) is 0. The summed E-state index contributed by atoms with van der Waals surface area (Å²) in [6.07, 6.45) is 10.0. The molecule has 0 nitrogen and oxygen atoms in total. The summed E-state index contributed by atoms with van der Waals surface area (Å²) in [5.41, 5.74) is 0. The van der Waals surface area contributed by atoms with Crippen LogP contribution in [0.5, 0.6) is 0 Å². The molecule has 0 atom stereocenters. The molecule has 0 heterocycles. The van der Waals surface area contributed by atoms with E-state index in [1.54, 1.807) is 0 Å². The highest BCUT2D eigenvalue weighted by Crippen LogP contribution is 2.07. The summed E-state index contributed by atoms with van der Waals surface area (Å²) in [5, 5.41) is 0. The van der Waals surface area contributed by atoms with Gasteiger partial charge in [0.1, 0.15) is 0 Å². The van der Waals surface area contributed by atoms with E-state index < -0.39 is 0 Å². The summed E-state index contributed by atoms with van der Waals surface area (Å²) in [6.45, 7) is 0. The van der Waals surface area contributed by atoms with E-state index in [9.17, 15) is 0 Å². The van der Waals surface area contributed by atoms with E-state index >= 15 is 0 Å². The summed E-state index contributed by atoms with van der Waals surface area (Å²) < 4.78 is 0. The molecule has 0 saturated carbocycles. The maximum Gasteiger partial charge on any atom is -0.0351 e. The van der Waals surface area contributed by atoms with Crippen LogP contribution in [-0.4, -0.2) is 0 Å². The van der Waals surface area contributed by atoms with E-state index in [2.05, 4.69) is 12.2 Å². The third-order valence-corrected chi connectivity index (χ3v) is 1.16. The molecule has 0 aromatic heterocycles. The molecule has 0 unspecified atom stereocenters. The Kier molecular flexibility index (Phi) is 4.94. The molecule has 1 rings (SSSR count). The van der Waals surface area contributed by atoms with Crippen molar-refractivity contribution in [3.8, 4) is 0 Å². The Morgan fingerprint density at radius 2 is 1.29 bits per heavy atom. The molecule has 1 aliphatic rings. The van der Waals surface area contributed by atoms with E-state index in [4.69, 9.17) is 0 Å². The van der Waals surface area contributed by atoms with Gasteiger partial charge in [0.05, 0.1) is 0 Å². The van der Waals surface area contributed by atoms with Crippen LogP contribution in [0.4, 0.5) is 0 Å². The Morgan fingerprint density at radius 3 is 1.43 bits per heavy atom. The quantitative estimate of drug-likeness (QED) is 0.426. The molecule has 0 aromatic rings. The van der Waals surface area contributed by atoms with Gasteiger partial charge in [0.2, 0.25) is 0 Å². The van der Waals surface area contributed by atoms with E-state index in [-0.39, 0.29) is 24.0 Å². The van der Waals surface area contributed by atoms with E-state index in [1.165, 1.54) is 25.7 Å². The van der Waals surface area contributed by atoms with Crippen LogP contribution in [0.15, 0.2) is 12.2 Å². The fourth-order valence-corrected chi connectivity index (χ4v) is 0.760. The Balaban J connectivity index is 0.000000360. The zero-order valence-electron chi connectivity index (χ0n) is 4.39. The third-order valence-electron chi connectivity index (χ3n) is 1.16. The van der Waals surface area contributed by atoms with E-state index in [0.29, 0.717) is 0 Å². The summed E-state index contributed by atoms with van der Waals surface area (Å²) in [5.74, 6) is 0.